The Hall–Kier alpha value is -0.941. The van der Waals surface area contributed by atoms with Gasteiger partial charge in [0.25, 0.3) is 0 Å². The minimum absolute atomic E-state index is 0. The van der Waals surface area contributed by atoms with Crippen LogP contribution in [-0.4, -0.2) is 33.8 Å². The molecular weight excluding hydrogens is 324 g/mol. The quantitative estimate of drug-likeness (QED) is 0.105. The summed E-state index contributed by atoms with van der Waals surface area (Å²) in [4.78, 5) is 3.99. The van der Waals surface area contributed by atoms with Crippen molar-refractivity contribution in [3.8, 4) is 0 Å². The van der Waals surface area contributed by atoms with E-state index >= 15 is 0 Å². The Morgan fingerprint density at radius 3 is 2.56 bits per heavy atom. The summed E-state index contributed by atoms with van der Waals surface area (Å²) >= 11 is 3.74. The van der Waals surface area contributed by atoms with Gasteiger partial charge in [-0.25, -0.2) is 8.42 Å². The molecule has 0 saturated carbocycles. The molecule has 1 aromatic rings. The largest absolute Gasteiger partial charge is 0.726 e. The van der Waals surface area contributed by atoms with Gasteiger partial charge >= 0.3 is 0 Å². The molecular formula is C7H9FeN4O4S2-. The number of hydrogen-bond acceptors (Lipinski definition) is 5. The fraction of sp³-hybridized carbons (Fsp3) is 0. The molecule has 8 nitrogen and oxygen atoms in total. The molecule has 102 valence electrons. The van der Waals surface area contributed by atoms with E-state index in [1.165, 1.54) is 6.21 Å². The molecule has 0 saturated heterocycles. The minimum Gasteiger partial charge on any atom is -0.726 e. The first-order valence-corrected chi connectivity index (χ1v) is 5.75. The minimum atomic E-state index is -4.92. The summed E-state index contributed by atoms with van der Waals surface area (Å²) < 4.78 is 32.8. The third-order valence-electron chi connectivity index (χ3n) is 1.04. The number of aromatic nitrogens is 1. The third-order valence-corrected chi connectivity index (χ3v) is 1.13. The molecule has 0 aliphatic carbocycles. The molecule has 3 N–H and O–H groups in total. The van der Waals surface area contributed by atoms with E-state index in [-0.39, 0.29) is 22.2 Å². The SMILES string of the molecule is NC(=[SH+])[N-]N=Cc1ccccn1.O=S(=O)([O-])O.[Fe]. The summed E-state index contributed by atoms with van der Waals surface area (Å²) in [6.07, 6.45) is 3.18. The molecule has 0 fully saturated rings. The zero-order valence-electron chi connectivity index (χ0n) is 8.69. The number of thiol groups is 1. The molecule has 1 rings (SSSR count). The Morgan fingerprint density at radius 2 is 2.17 bits per heavy atom. The number of nitrogens with zero attached hydrogens (tertiary/aromatic N) is 3. The van der Waals surface area contributed by atoms with Gasteiger partial charge in [-0.15, -0.1) is 0 Å². The smallest absolute Gasteiger partial charge is 0.215 e. The van der Waals surface area contributed by atoms with Crippen LogP contribution in [0.4, 0.5) is 0 Å². The average Bonchev–Trinajstić information content (AvgIpc) is 2.16. The predicted molar refractivity (Wildman–Crippen MR) is 65.5 cm³/mol. The van der Waals surface area contributed by atoms with E-state index in [4.69, 9.17) is 23.3 Å². The second-order valence-corrected chi connectivity index (χ2v) is 3.70. The van der Waals surface area contributed by atoms with Gasteiger partial charge in [0.2, 0.25) is 10.4 Å². The molecule has 0 amide bonds. The van der Waals surface area contributed by atoms with Crippen LogP contribution in [0.1, 0.15) is 5.69 Å². The van der Waals surface area contributed by atoms with E-state index in [0.717, 1.165) is 5.69 Å². The number of nitrogens with two attached hydrogens (primary N) is 1. The standard InChI is InChI=1S/C7H8N4S.Fe.H2O4S/c8-7(12)11-10-5-6-3-1-2-4-9-6;;1-5(2,3)4/h1-5H,(H3,8,9,11,12);;(H2,1,2,3,4)/p-1. The van der Waals surface area contributed by atoms with Crippen LogP contribution >= 0.6 is 0 Å². The van der Waals surface area contributed by atoms with Gasteiger partial charge in [-0.3, -0.25) is 15.3 Å². The fourth-order valence-corrected chi connectivity index (χ4v) is 0.651. The first kappa shape index (κ1) is 19.4. The monoisotopic (exact) mass is 333 g/mol. The predicted octanol–water partition coefficient (Wildman–Crippen LogP) is -0.883. The van der Waals surface area contributed by atoms with Gasteiger partial charge in [-0.1, -0.05) is 6.07 Å². The summed E-state index contributed by atoms with van der Waals surface area (Å²) in [6, 6.07) is 5.50. The van der Waals surface area contributed by atoms with Gasteiger partial charge in [-0.05, 0) is 12.1 Å². The molecule has 0 bridgehead atoms. The van der Waals surface area contributed by atoms with Crippen LogP contribution in [0.15, 0.2) is 29.5 Å². The van der Waals surface area contributed by atoms with Gasteiger partial charge in [0.05, 0.1) is 5.69 Å². The second-order valence-electron chi connectivity index (χ2n) is 2.39. The van der Waals surface area contributed by atoms with Gasteiger partial charge in [0.15, 0.2) is 17.3 Å². The molecule has 1 aromatic heterocycles. The molecule has 0 spiro atoms. The van der Waals surface area contributed by atoms with Gasteiger partial charge in [0.1, 0.15) is 0 Å². The Balaban J connectivity index is 0. The molecule has 0 radical (unpaired) electrons. The Bertz CT molecular complexity index is 471. The molecule has 1 heterocycles. The molecule has 0 atom stereocenters. The first-order chi connectivity index (χ1) is 7.79. The number of hydrogen-bond donors (Lipinski definition) is 2. The van der Waals surface area contributed by atoms with E-state index in [1.807, 2.05) is 18.2 Å². The van der Waals surface area contributed by atoms with Crippen molar-refractivity contribution in [2.75, 3.05) is 0 Å². The van der Waals surface area contributed by atoms with Crippen LogP contribution in [-0.2, 0) is 39.7 Å². The molecule has 0 aromatic carbocycles. The van der Waals surface area contributed by atoms with Crippen molar-refractivity contribution in [1.82, 2.24) is 4.98 Å². The van der Waals surface area contributed by atoms with Gasteiger partial charge in [-0.2, -0.15) is 0 Å². The maximum Gasteiger partial charge on any atom is 0.215 e. The molecule has 0 aliphatic rings. The fourth-order valence-electron chi connectivity index (χ4n) is 0.600. The Labute approximate surface area is 120 Å². The van der Waals surface area contributed by atoms with Crippen LogP contribution in [0.5, 0.6) is 0 Å². The summed E-state index contributed by atoms with van der Waals surface area (Å²) in [5, 5.41) is 3.77. The van der Waals surface area contributed by atoms with E-state index in [9.17, 15) is 0 Å². The molecule has 0 aliphatic heterocycles. The van der Waals surface area contributed by atoms with Gasteiger partial charge in [0, 0.05) is 29.5 Å². The second kappa shape index (κ2) is 10.0. The van der Waals surface area contributed by atoms with Crippen molar-refractivity contribution in [3.05, 3.63) is 35.5 Å². The zero-order chi connectivity index (χ0) is 13.3. The van der Waals surface area contributed by atoms with E-state index in [0.29, 0.717) is 0 Å². The zero-order valence-corrected chi connectivity index (χ0v) is 11.5. The molecule has 0 unspecified atom stereocenters. The topological polar surface area (TPSA) is 143 Å². The maximum absolute atomic E-state index is 8.63. The Kier molecular flexibility index (Phi) is 10.8. The van der Waals surface area contributed by atoms with E-state index in [1.54, 1.807) is 6.20 Å². The van der Waals surface area contributed by atoms with Crippen molar-refractivity contribution in [2.24, 2.45) is 10.8 Å². The first-order valence-electron chi connectivity index (χ1n) is 3.94. The van der Waals surface area contributed by atoms with Gasteiger partial charge < -0.3 is 15.1 Å². The van der Waals surface area contributed by atoms with E-state index in [2.05, 4.69) is 27.7 Å². The number of rotatable bonds is 2. The van der Waals surface area contributed by atoms with Crippen LogP contribution in [0, 0.1) is 0 Å². The van der Waals surface area contributed by atoms with Crippen LogP contribution in [0.25, 0.3) is 5.43 Å². The third kappa shape index (κ3) is 17.5. The van der Waals surface area contributed by atoms with Crippen molar-refractivity contribution >= 4 is 33.9 Å². The summed E-state index contributed by atoms with van der Waals surface area (Å²) in [5.74, 6) is 0. The van der Waals surface area contributed by atoms with Crippen LogP contribution < -0.4 is 5.73 Å². The molecule has 18 heavy (non-hydrogen) atoms. The maximum atomic E-state index is 8.63. The van der Waals surface area contributed by atoms with Crippen molar-refractivity contribution in [1.29, 1.82) is 0 Å². The summed E-state index contributed by atoms with van der Waals surface area (Å²) in [6.45, 7) is 0. The summed E-state index contributed by atoms with van der Waals surface area (Å²) in [7, 11) is -4.92. The van der Waals surface area contributed by atoms with Crippen molar-refractivity contribution < 1.29 is 34.6 Å². The normalized spacial score (nSPS) is 9.94. The average molecular weight is 333 g/mol. The summed E-state index contributed by atoms with van der Waals surface area (Å²) in [5.41, 5.74) is 9.38. The molecule has 11 heteroatoms. The van der Waals surface area contributed by atoms with Crippen molar-refractivity contribution in [3.63, 3.8) is 0 Å². The Morgan fingerprint density at radius 1 is 1.61 bits per heavy atom. The van der Waals surface area contributed by atoms with E-state index < -0.39 is 10.4 Å². The number of pyridine rings is 1. The van der Waals surface area contributed by atoms with Crippen molar-refractivity contribution in [2.45, 2.75) is 0 Å². The van der Waals surface area contributed by atoms with Crippen LogP contribution in [0.2, 0.25) is 0 Å². The van der Waals surface area contributed by atoms with Crippen LogP contribution in [0.3, 0.4) is 0 Å².